The van der Waals surface area contributed by atoms with E-state index in [-0.39, 0.29) is 23.4 Å². The monoisotopic (exact) mass is 231 g/mol. The van der Waals surface area contributed by atoms with Gasteiger partial charge in [-0.1, -0.05) is 41.5 Å². The Morgan fingerprint density at radius 1 is 1.19 bits per heavy atom. The zero-order valence-electron chi connectivity index (χ0n) is 11.4. The fourth-order valence-electron chi connectivity index (χ4n) is 1.52. The van der Waals surface area contributed by atoms with Crippen LogP contribution < -0.4 is 0 Å². The molecule has 0 saturated heterocycles. The summed E-state index contributed by atoms with van der Waals surface area (Å²) in [7, 11) is 0. The third-order valence-electron chi connectivity index (χ3n) is 2.85. The van der Waals surface area contributed by atoms with Crippen molar-refractivity contribution in [2.75, 3.05) is 6.61 Å². The topological polar surface area (TPSA) is 52.4 Å². The molecular formula is C12H25NO3. The summed E-state index contributed by atoms with van der Waals surface area (Å²) in [6.45, 7) is 13.0. The highest BCUT2D eigenvalue weighted by molar-refractivity contribution is 4.75. The van der Waals surface area contributed by atoms with Crippen molar-refractivity contribution in [3.8, 4) is 0 Å². The van der Waals surface area contributed by atoms with Gasteiger partial charge in [-0.2, -0.15) is 0 Å². The Morgan fingerprint density at radius 2 is 1.69 bits per heavy atom. The second kappa shape index (κ2) is 5.51. The van der Waals surface area contributed by atoms with E-state index in [1.807, 2.05) is 0 Å². The van der Waals surface area contributed by atoms with Crippen LogP contribution in [0.4, 0.5) is 0 Å². The average molecular weight is 231 g/mol. The van der Waals surface area contributed by atoms with Gasteiger partial charge in [0.05, 0.1) is 6.61 Å². The molecule has 0 aromatic carbocycles. The molecule has 96 valence electrons. The SMILES string of the molecule is CC(C)(C)CCC(CO[N+](=O)[O-])C(C)(C)C. The van der Waals surface area contributed by atoms with Crippen molar-refractivity contribution >= 4 is 0 Å². The van der Waals surface area contributed by atoms with Crippen molar-refractivity contribution in [1.82, 2.24) is 0 Å². The van der Waals surface area contributed by atoms with E-state index < -0.39 is 5.09 Å². The van der Waals surface area contributed by atoms with Gasteiger partial charge in [0.25, 0.3) is 5.09 Å². The maximum Gasteiger partial charge on any atom is 0.294 e. The Balaban J connectivity index is 4.28. The minimum Gasteiger partial charge on any atom is -0.314 e. The summed E-state index contributed by atoms with van der Waals surface area (Å²) >= 11 is 0. The van der Waals surface area contributed by atoms with E-state index in [4.69, 9.17) is 0 Å². The summed E-state index contributed by atoms with van der Waals surface area (Å²) in [5, 5.41) is 9.52. The second-order valence-electron chi connectivity index (χ2n) is 6.68. The summed E-state index contributed by atoms with van der Waals surface area (Å²) < 4.78 is 0. The first-order valence-electron chi connectivity index (χ1n) is 5.80. The van der Waals surface area contributed by atoms with Crippen molar-refractivity contribution in [1.29, 1.82) is 0 Å². The molecule has 4 heteroatoms. The van der Waals surface area contributed by atoms with Gasteiger partial charge in [-0.05, 0) is 29.6 Å². The van der Waals surface area contributed by atoms with Crippen LogP contribution in [0.3, 0.4) is 0 Å². The molecule has 1 atom stereocenters. The summed E-state index contributed by atoms with van der Waals surface area (Å²) in [6, 6.07) is 0. The number of hydrogen-bond donors (Lipinski definition) is 0. The first-order valence-corrected chi connectivity index (χ1v) is 5.80. The van der Waals surface area contributed by atoms with Crippen LogP contribution in [0.1, 0.15) is 54.4 Å². The first kappa shape index (κ1) is 15.2. The van der Waals surface area contributed by atoms with Crippen molar-refractivity contribution < 1.29 is 9.92 Å². The molecule has 0 aliphatic rings. The summed E-state index contributed by atoms with van der Waals surface area (Å²) in [5.41, 5.74) is 0.305. The summed E-state index contributed by atoms with van der Waals surface area (Å²) in [6.07, 6.45) is 2.01. The van der Waals surface area contributed by atoms with Gasteiger partial charge >= 0.3 is 0 Å². The molecular weight excluding hydrogens is 206 g/mol. The average Bonchev–Trinajstić information content (AvgIpc) is 1.98. The van der Waals surface area contributed by atoms with Crippen molar-refractivity contribution in [3.63, 3.8) is 0 Å². The van der Waals surface area contributed by atoms with Crippen LogP contribution in [0.5, 0.6) is 0 Å². The third kappa shape index (κ3) is 7.49. The van der Waals surface area contributed by atoms with E-state index in [2.05, 4.69) is 46.4 Å². The van der Waals surface area contributed by atoms with E-state index >= 15 is 0 Å². The smallest absolute Gasteiger partial charge is 0.294 e. The summed E-state index contributed by atoms with van der Waals surface area (Å²) in [4.78, 5) is 14.7. The highest BCUT2D eigenvalue weighted by atomic mass is 16.9. The first-order chi connectivity index (χ1) is 7.02. The number of nitrogens with zero attached hydrogens (tertiary/aromatic N) is 1. The number of rotatable bonds is 5. The molecule has 0 saturated carbocycles. The maximum atomic E-state index is 10.2. The van der Waals surface area contributed by atoms with Crippen LogP contribution in [0.15, 0.2) is 0 Å². The molecule has 0 N–H and O–H groups in total. The fraction of sp³-hybridized carbons (Fsp3) is 1.00. The Labute approximate surface area is 98.5 Å². The lowest BCUT2D eigenvalue weighted by Crippen LogP contribution is -2.27. The van der Waals surface area contributed by atoms with Crippen LogP contribution in [0, 0.1) is 26.9 Å². The molecule has 0 radical (unpaired) electrons. The molecule has 16 heavy (non-hydrogen) atoms. The largest absolute Gasteiger partial charge is 0.314 e. The van der Waals surface area contributed by atoms with E-state index in [1.165, 1.54) is 0 Å². The predicted molar refractivity (Wildman–Crippen MR) is 64.6 cm³/mol. The summed E-state index contributed by atoms with van der Waals surface area (Å²) in [5.74, 6) is 0.220. The molecule has 0 rings (SSSR count). The van der Waals surface area contributed by atoms with E-state index in [0.717, 1.165) is 12.8 Å². The predicted octanol–water partition coefficient (Wildman–Crippen LogP) is 3.68. The molecule has 1 unspecified atom stereocenters. The second-order valence-corrected chi connectivity index (χ2v) is 6.68. The van der Waals surface area contributed by atoms with Crippen LogP contribution in [-0.4, -0.2) is 11.7 Å². The van der Waals surface area contributed by atoms with Crippen LogP contribution >= 0.6 is 0 Å². The van der Waals surface area contributed by atoms with Gasteiger partial charge in [0.15, 0.2) is 0 Å². The molecule has 0 fully saturated rings. The molecule has 0 heterocycles. The number of hydrogen-bond acceptors (Lipinski definition) is 3. The Morgan fingerprint density at radius 3 is 2.00 bits per heavy atom. The van der Waals surface area contributed by atoms with Crippen molar-refractivity contribution in [2.24, 2.45) is 16.7 Å². The highest BCUT2D eigenvalue weighted by Crippen LogP contribution is 2.33. The van der Waals surface area contributed by atoms with Crippen LogP contribution in [-0.2, 0) is 4.84 Å². The quantitative estimate of drug-likeness (QED) is 0.535. The van der Waals surface area contributed by atoms with E-state index in [9.17, 15) is 10.1 Å². The van der Waals surface area contributed by atoms with Crippen molar-refractivity contribution in [2.45, 2.75) is 54.4 Å². The molecule has 4 nitrogen and oxygen atoms in total. The zero-order chi connectivity index (χ0) is 13.0. The van der Waals surface area contributed by atoms with Crippen LogP contribution in [0.25, 0.3) is 0 Å². The van der Waals surface area contributed by atoms with E-state index in [0.29, 0.717) is 0 Å². The molecule has 0 bridgehead atoms. The minimum absolute atomic E-state index is 0.0429. The van der Waals surface area contributed by atoms with Gasteiger partial charge in [-0.25, -0.2) is 0 Å². The van der Waals surface area contributed by atoms with E-state index in [1.54, 1.807) is 0 Å². The molecule has 0 spiro atoms. The van der Waals surface area contributed by atoms with Crippen molar-refractivity contribution in [3.05, 3.63) is 10.1 Å². The van der Waals surface area contributed by atoms with Gasteiger partial charge in [0.1, 0.15) is 0 Å². The molecule has 0 aromatic rings. The van der Waals surface area contributed by atoms with Gasteiger partial charge in [-0.15, -0.1) is 10.1 Å². The minimum atomic E-state index is -0.699. The fourth-order valence-corrected chi connectivity index (χ4v) is 1.52. The zero-order valence-corrected chi connectivity index (χ0v) is 11.4. The molecule has 0 aliphatic heterocycles. The maximum absolute atomic E-state index is 10.2. The van der Waals surface area contributed by atoms with Gasteiger partial charge in [-0.3, -0.25) is 0 Å². The Bertz CT molecular complexity index is 225. The molecule has 0 aromatic heterocycles. The van der Waals surface area contributed by atoms with Gasteiger partial charge in [0, 0.05) is 0 Å². The lowest BCUT2D eigenvalue weighted by atomic mass is 9.75. The Kier molecular flexibility index (Phi) is 5.23. The highest BCUT2D eigenvalue weighted by Gasteiger charge is 2.27. The van der Waals surface area contributed by atoms with Crippen LogP contribution in [0.2, 0.25) is 0 Å². The normalized spacial score (nSPS) is 14.6. The van der Waals surface area contributed by atoms with Gasteiger partial charge < -0.3 is 4.84 Å². The lowest BCUT2D eigenvalue weighted by molar-refractivity contribution is -0.759. The Hall–Kier alpha value is -0.800. The molecule has 0 aliphatic carbocycles. The lowest BCUT2D eigenvalue weighted by Gasteiger charge is -2.32. The third-order valence-corrected chi connectivity index (χ3v) is 2.85. The standard InChI is InChI=1S/C12H25NO3/c1-11(2,3)8-7-10(12(4,5)6)9-16-13(14)15/h10H,7-9H2,1-6H3. The molecule has 0 amide bonds. The van der Waals surface area contributed by atoms with Gasteiger partial charge in [0.2, 0.25) is 0 Å².